The van der Waals surface area contributed by atoms with Crippen molar-refractivity contribution in [2.24, 2.45) is 0 Å². The Balaban J connectivity index is 2.49. The fourth-order valence-corrected chi connectivity index (χ4v) is 1.04. The summed E-state index contributed by atoms with van der Waals surface area (Å²) < 4.78 is 4.81. The van der Waals surface area contributed by atoms with Gasteiger partial charge in [0.1, 0.15) is 6.10 Å². The van der Waals surface area contributed by atoms with Crippen molar-refractivity contribution in [3.05, 3.63) is 0 Å². The van der Waals surface area contributed by atoms with Gasteiger partial charge in [-0.05, 0) is 6.92 Å². The van der Waals surface area contributed by atoms with Crippen molar-refractivity contribution < 1.29 is 20.1 Å². The van der Waals surface area contributed by atoms with E-state index in [1.807, 2.05) is 0 Å². The number of hydrogen-bond acceptors (Lipinski definition) is 4. The van der Waals surface area contributed by atoms with Crippen LogP contribution in [-0.2, 0) is 4.74 Å². The molecule has 60 valence electrons. The summed E-state index contributed by atoms with van der Waals surface area (Å²) in [6.07, 6.45) is -3.07. The van der Waals surface area contributed by atoms with E-state index in [9.17, 15) is 0 Å². The van der Waals surface area contributed by atoms with E-state index in [2.05, 4.69) is 0 Å². The minimum atomic E-state index is -0.937. The molecule has 4 atom stereocenters. The second kappa shape index (κ2) is 2.84. The van der Waals surface area contributed by atoms with Crippen molar-refractivity contribution in [1.29, 1.82) is 0 Å². The lowest BCUT2D eigenvalue weighted by Crippen LogP contribution is -2.46. The van der Waals surface area contributed by atoms with E-state index in [0.29, 0.717) is 0 Å². The smallest absolute Gasteiger partial charge is 0.157 e. The van der Waals surface area contributed by atoms with Gasteiger partial charge in [0.05, 0.1) is 12.2 Å². The molecule has 10 heavy (non-hydrogen) atoms. The standard InChI is InChI=1S/C6H12O4/c1-3-6(9)4(7)2-5(8)10-3/h3-9H,2H2,1H3/t3?,4-,5?,6+/m1/s1. The molecule has 0 amide bonds. The minimum Gasteiger partial charge on any atom is -0.390 e. The lowest BCUT2D eigenvalue weighted by molar-refractivity contribution is -0.226. The van der Waals surface area contributed by atoms with Crippen molar-refractivity contribution in [3.63, 3.8) is 0 Å². The van der Waals surface area contributed by atoms with Gasteiger partial charge < -0.3 is 20.1 Å². The maximum Gasteiger partial charge on any atom is 0.157 e. The summed E-state index contributed by atoms with van der Waals surface area (Å²) in [5.41, 5.74) is 0. The third kappa shape index (κ3) is 1.46. The monoisotopic (exact) mass is 148 g/mol. The summed E-state index contributed by atoms with van der Waals surface area (Å²) in [7, 11) is 0. The van der Waals surface area contributed by atoms with Crippen molar-refractivity contribution in [3.8, 4) is 0 Å². The fourth-order valence-electron chi connectivity index (χ4n) is 1.04. The third-order valence-electron chi connectivity index (χ3n) is 1.69. The van der Waals surface area contributed by atoms with Gasteiger partial charge in [-0.1, -0.05) is 0 Å². The Morgan fingerprint density at radius 3 is 2.40 bits per heavy atom. The first-order chi connectivity index (χ1) is 4.61. The maximum absolute atomic E-state index is 9.08. The van der Waals surface area contributed by atoms with Gasteiger partial charge in [0.15, 0.2) is 6.29 Å². The number of aliphatic hydroxyl groups is 3. The Bertz CT molecular complexity index is 104. The molecule has 1 aliphatic heterocycles. The van der Waals surface area contributed by atoms with Crippen molar-refractivity contribution in [2.45, 2.75) is 37.9 Å². The predicted octanol–water partition coefficient (Wildman–Crippen LogP) is -1.16. The van der Waals surface area contributed by atoms with Gasteiger partial charge in [0.25, 0.3) is 0 Å². The third-order valence-corrected chi connectivity index (χ3v) is 1.69. The molecule has 0 aromatic rings. The fraction of sp³-hybridized carbons (Fsp3) is 1.00. The Morgan fingerprint density at radius 1 is 1.30 bits per heavy atom. The summed E-state index contributed by atoms with van der Waals surface area (Å²) in [5, 5.41) is 27.0. The molecular formula is C6H12O4. The largest absolute Gasteiger partial charge is 0.390 e. The topological polar surface area (TPSA) is 69.9 Å². The van der Waals surface area contributed by atoms with Crippen LogP contribution in [0.15, 0.2) is 0 Å². The van der Waals surface area contributed by atoms with Crippen LogP contribution in [0.1, 0.15) is 13.3 Å². The van der Waals surface area contributed by atoms with E-state index in [-0.39, 0.29) is 6.42 Å². The molecule has 0 saturated carbocycles. The van der Waals surface area contributed by atoms with Crippen LogP contribution < -0.4 is 0 Å². The van der Waals surface area contributed by atoms with Gasteiger partial charge in [0, 0.05) is 6.42 Å². The SMILES string of the molecule is CC1OC(O)C[C@@H](O)[C@H]1O. The van der Waals surface area contributed by atoms with Gasteiger partial charge in [-0.15, -0.1) is 0 Å². The zero-order chi connectivity index (χ0) is 7.72. The molecule has 0 aromatic heterocycles. The summed E-state index contributed by atoms with van der Waals surface area (Å²) >= 11 is 0. The molecule has 4 heteroatoms. The number of hydrogen-bond donors (Lipinski definition) is 3. The second-order valence-electron chi connectivity index (χ2n) is 2.59. The Hall–Kier alpha value is -0.160. The first-order valence-electron chi connectivity index (χ1n) is 3.31. The highest BCUT2D eigenvalue weighted by Crippen LogP contribution is 2.17. The van der Waals surface area contributed by atoms with Gasteiger partial charge in [0.2, 0.25) is 0 Å². The van der Waals surface area contributed by atoms with Crippen LogP contribution in [0.4, 0.5) is 0 Å². The van der Waals surface area contributed by atoms with Crippen LogP contribution >= 0.6 is 0 Å². The lowest BCUT2D eigenvalue weighted by Gasteiger charge is -2.32. The van der Waals surface area contributed by atoms with Crippen LogP contribution in [0.25, 0.3) is 0 Å². The molecule has 0 radical (unpaired) electrons. The Labute approximate surface area is 59.1 Å². The average Bonchev–Trinajstić information content (AvgIpc) is 1.82. The highest BCUT2D eigenvalue weighted by atomic mass is 16.6. The van der Waals surface area contributed by atoms with Crippen LogP contribution in [-0.4, -0.2) is 39.9 Å². The first-order valence-corrected chi connectivity index (χ1v) is 3.31. The molecule has 0 spiro atoms. The van der Waals surface area contributed by atoms with Crippen LogP contribution in [0.2, 0.25) is 0 Å². The predicted molar refractivity (Wildman–Crippen MR) is 33.2 cm³/mol. The number of aliphatic hydroxyl groups excluding tert-OH is 3. The van der Waals surface area contributed by atoms with E-state index in [1.54, 1.807) is 6.92 Å². The molecule has 1 aliphatic rings. The number of ether oxygens (including phenoxy) is 1. The van der Waals surface area contributed by atoms with E-state index in [4.69, 9.17) is 20.1 Å². The highest BCUT2D eigenvalue weighted by Gasteiger charge is 2.32. The van der Waals surface area contributed by atoms with Gasteiger partial charge in [-0.3, -0.25) is 0 Å². The summed E-state index contributed by atoms with van der Waals surface area (Å²) in [5.74, 6) is 0. The normalized spacial score (nSPS) is 49.2. The zero-order valence-electron chi connectivity index (χ0n) is 5.77. The molecule has 3 N–H and O–H groups in total. The highest BCUT2D eigenvalue weighted by molar-refractivity contribution is 4.78. The minimum absolute atomic E-state index is 0.0888. The Morgan fingerprint density at radius 2 is 1.90 bits per heavy atom. The summed E-state index contributed by atoms with van der Waals surface area (Å²) in [6.45, 7) is 1.61. The average molecular weight is 148 g/mol. The molecule has 0 bridgehead atoms. The van der Waals surface area contributed by atoms with Crippen LogP contribution in [0.5, 0.6) is 0 Å². The second-order valence-corrected chi connectivity index (χ2v) is 2.59. The summed E-state index contributed by atoms with van der Waals surface area (Å²) in [4.78, 5) is 0. The van der Waals surface area contributed by atoms with Crippen LogP contribution in [0, 0.1) is 0 Å². The van der Waals surface area contributed by atoms with Crippen molar-refractivity contribution in [1.82, 2.24) is 0 Å². The van der Waals surface area contributed by atoms with E-state index >= 15 is 0 Å². The van der Waals surface area contributed by atoms with E-state index < -0.39 is 24.6 Å². The molecule has 2 unspecified atom stereocenters. The number of rotatable bonds is 0. The molecule has 1 heterocycles. The first kappa shape index (κ1) is 7.94. The zero-order valence-corrected chi connectivity index (χ0v) is 5.77. The van der Waals surface area contributed by atoms with E-state index in [0.717, 1.165) is 0 Å². The molecule has 1 fully saturated rings. The Kier molecular flexibility index (Phi) is 2.25. The molecule has 0 aliphatic carbocycles. The quantitative estimate of drug-likeness (QED) is 0.405. The summed E-state index contributed by atoms with van der Waals surface area (Å²) in [6, 6.07) is 0. The maximum atomic E-state index is 9.08. The van der Waals surface area contributed by atoms with Gasteiger partial charge in [-0.25, -0.2) is 0 Å². The molecular weight excluding hydrogens is 136 g/mol. The van der Waals surface area contributed by atoms with Gasteiger partial charge in [-0.2, -0.15) is 0 Å². The molecule has 0 aromatic carbocycles. The molecule has 1 saturated heterocycles. The van der Waals surface area contributed by atoms with Crippen LogP contribution in [0.3, 0.4) is 0 Å². The van der Waals surface area contributed by atoms with E-state index in [1.165, 1.54) is 0 Å². The molecule has 1 rings (SSSR count). The van der Waals surface area contributed by atoms with Crippen molar-refractivity contribution >= 4 is 0 Å². The molecule has 4 nitrogen and oxygen atoms in total. The van der Waals surface area contributed by atoms with Crippen molar-refractivity contribution in [2.75, 3.05) is 0 Å². The lowest BCUT2D eigenvalue weighted by atomic mass is 10.0. The van der Waals surface area contributed by atoms with Gasteiger partial charge >= 0.3 is 0 Å².